The second kappa shape index (κ2) is 12.3. The second-order valence-electron chi connectivity index (χ2n) is 12.1. The van der Waals surface area contributed by atoms with Crippen LogP contribution in [0.1, 0.15) is 30.4 Å². The second-order valence-corrected chi connectivity index (χ2v) is 12.1. The molecule has 2 fully saturated rings. The molecule has 12 heteroatoms. The van der Waals surface area contributed by atoms with Crippen molar-refractivity contribution in [3.8, 4) is 23.1 Å². The largest absolute Gasteiger partial charge is 0.508 e. The summed E-state index contributed by atoms with van der Waals surface area (Å²) in [5, 5.41) is 19.9. The Labute approximate surface area is 268 Å². The standard InChI is InChI=1S/C28H22FN5O4.C7H12FN/c1-14-23-22(27(36)38-25(14)19-11-18(35)10-15-6-5-9-20(29)21(15)19)26(32-28(31-23)37-3)30-12-16-7-4-8-17-13-34(2)33-24(16)17;8-6-4-7-2-1-3-9(7)5-6/h4-11,13,35H,12H2,1-3H3,(H,30,31,32);6-7H,1-5H2. The summed E-state index contributed by atoms with van der Waals surface area (Å²) in [5.41, 5.74) is 2.02. The van der Waals surface area contributed by atoms with Crippen molar-refractivity contribution in [1.82, 2.24) is 24.6 Å². The fourth-order valence-electron chi connectivity index (χ4n) is 6.83. The van der Waals surface area contributed by atoms with E-state index in [9.17, 15) is 18.7 Å². The molecule has 0 spiro atoms. The number of nitrogens with one attached hydrogen (secondary N) is 1. The maximum atomic E-state index is 14.9. The molecular weight excluding hydrogens is 606 g/mol. The Hall–Kier alpha value is -5.10. The lowest BCUT2D eigenvalue weighted by Gasteiger charge is -2.14. The molecule has 0 amide bonds. The molecule has 0 saturated carbocycles. The van der Waals surface area contributed by atoms with E-state index >= 15 is 0 Å². The Bertz CT molecular complexity index is 2190. The number of hydrogen-bond donors (Lipinski definition) is 2. The highest BCUT2D eigenvalue weighted by molar-refractivity contribution is 6.00. The van der Waals surface area contributed by atoms with Gasteiger partial charge in [0, 0.05) is 54.3 Å². The normalized spacial score (nSPS) is 17.6. The van der Waals surface area contributed by atoms with Gasteiger partial charge >= 0.3 is 11.6 Å². The molecular formula is C35H34F2N6O4. The number of anilines is 1. The molecule has 0 aliphatic carbocycles. The molecule has 47 heavy (non-hydrogen) atoms. The summed E-state index contributed by atoms with van der Waals surface area (Å²) in [5.74, 6) is -0.272. The Morgan fingerprint density at radius 2 is 1.91 bits per heavy atom. The van der Waals surface area contributed by atoms with E-state index < -0.39 is 17.6 Å². The van der Waals surface area contributed by atoms with Crippen molar-refractivity contribution in [2.45, 2.75) is 44.9 Å². The van der Waals surface area contributed by atoms with Crippen LogP contribution < -0.4 is 15.7 Å². The molecule has 2 aliphatic heterocycles. The van der Waals surface area contributed by atoms with Crippen LogP contribution in [0, 0.1) is 12.7 Å². The number of methoxy groups -OCH3 is 1. The minimum atomic E-state index is -0.713. The van der Waals surface area contributed by atoms with Crippen LogP contribution in [0.2, 0.25) is 0 Å². The third-order valence-corrected chi connectivity index (χ3v) is 8.96. The van der Waals surface area contributed by atoms with Crippen molar-refractivity contribution in [2.75, 3.05) is 25.5 Å². The fraction of sp³-hybridized carbons (Fsp3) is 0.314. The van der Waals surface area contributed by atoms with Crippen LogP contribution in [0.15, 0.2) is 63.9 Å². The molecule has 0 radical (unpaired) electrons. The number of alkyl halides is 1. The van der Waals surface area contributed by atoms with Gasteiger partial charge in [0.2, 0.25) is 0 Å². The van der Waals surface area contributed by atoms with E-state index in [0.29, 0.717) is 30.1 Å². The SMILES string of the molecule is COc1nc(NCc2cccc3cn(C)nc23)c2c(=O)oc(-c3cc(O)cc4cccc(F)c34)c(C)c2n1.FC1CC2CCCN2C1. The van der Waals surface area contributed by atoms with Crippen LogP contribution >= 0.6 is 0 Å². The molecule has 242 valence electrons. The summed E-state index contributed by atoms with van der Waals surface area (Å²) in [6.07, 6.45) is 4.74. The molecule has 2 saturated heterocycles. The fourth-order valence-corrected chi connectivity index (χ4v) is 6.83. The number of phenolic OH excluding ortho intramolecular Hbond substituents is 1. The average molecular weight is 641 g/mol. The Kier molecular flexibility index (Phi) is 7.96. The Balaban J connectivity index is 0.000000334. The van der Waals surface area contributed by atoms with Crippen molar-refractivity contribution in [2.24, 2.45) is 7.05 Å². The van der Waals surface area contributed by atoms with Gasteiger partial charge < -0.3 is 19.6 Å². The predicted octanol–water partition coefficient (Wildman–Crippen LogP) is 6.26. The number of aromatic nitrogens is 4. The van der Waals surface area contributed by atoms with Gasteiger partial charge in [-0.1, -0.05) is 30.3 Å². The zero-order valence-electron chi connectivity index (χ0n) is 26.3. The number of aryl methyl sites for hydroxylation is 2. The molecule has 2 atom stereocenters. The highest BCUT2D eigenvalue weighted by Crippen LogP contribution is 2.38. The molecule has 5 heterocycles. The number of hydrogen-bond acceptors (Lipinski definition) is 9. The zero-order valence-corrected chi connectivity index (χ0v) is 26.3. The van der Waals surface area contributed by atoms with E-state index in [1.165, 1.54) is 38.2 Å². The summed E-state index contributed by atoms with van der Waals surface area (Å²) in [6, 6.07) is 13.9. The predicted molar refractivity (Wildman–Crippen MR) is 176 cm³/mol. The number of ether oxygens (including phenoxy) is 1. The average Bonchev–Trinajstić information content (AvgIpc) is 3.75. The lowest BCUT2D eigenvalue weighted by Crippen LogP contribution is -2.22. The van der Waals surface area contributed by atoms with Gasteiger partial charge in [0.15, 0.2) is 0 Å². The smallest absolute Gasteiger partial charge is 0.349 e. The molecule has 0 bridgehead atoms. The monoisotopic (exact) mass is 640 g/mol. The third-order valence-electron chi connectivity index (χ3n) is 8.96. The van der Waals surface area contributed by atoms with Gasteiger partial charge in [0.05, 0.1) is 18.1 Å². The molecule has 2 unspecified atom stereocenters. The van der Waals surface area contributed by atoms with Crippen molar-refractivity contribution >= 4 is 38.4 Å². The first kappa shape index (κ1) is 30.5. The molecule has 6 aromatic rings. The number of fused-ring (bicyclic) bond motifs is 4. The highest BCUT2D eigenvalue weighted by Gasteiger charge is 2.34. The zero-order chi connectivity index (χ0) is 32.8. The minimum Gasteiger partial charge on any atom is -0.508 e. The van der Waals surface area contributed by atoms with E-state index in [-0.39, 0.29) is 45.2 Å². The highest BCUT2D eigenvalue weighted by atomic mass is 19.1. The first-order valence-corrected chi connectivity index (χ1v) is 15.5. The molecule has 8 rings (SSSR count). The van der Waals surface area contributed by atoms with Gasteiger partial charge in [-0.2, -0.15) is 15.1 Å². The Morgan fingerprint density at radius 1 is 1.11 bits per heavy atom. The quantitative estimate of drug-likeness (QED) is 0.225. The van der Waals surface area contributed by atoms with Gasteiger partial charge in [-0.05, 0) is 61.9 Å². The van der Waals surface area contributed by atoms with Gasteiger partial charge in [0.1, 0.15) is 34.7 Å². The van der Waals surface area contributed by atoms with Gasteiger partial charge in [-0.15, -0.1) is 0 Å². The summed E-state index contributed by atoms with van der Waals surface area (Å²) < 4.78 is 40.3. The number of halogens is 2. The van der Waals surface area contributed by atoms with Gasteiger partial charge in [-0.25, -0.2) is 13.6 Å². The van der Waals surface area contributed by atoms with E-state index in [4.69, 9.17) is 9.15 Å². The van der Waals surface area contributed by atoms with Crippen LogP contribution in [0.3, 0.4) is 0 Å². The van der Waals surface area contributed by atoms with E-state index in [1.54, 1.807) is 23.7 Å². The van der Waals surface area contributed by atoms with E-state index in [2.05, 4.69) is 25.3 Å². The number of rotatable bonds is 5. The van der Waals surface area contributed by atoms with Crippen molar-refractivity contribution < 1.29 is 23.0 Å². The van der Waals surface area contributed by atoms with Crippen LogP contribution in [0.5, 0.6) is 11.8 Å². The third kappa shape index (κ3) is 5.73. The first-order chi connectivity index (χ1) is 22.7. The lowest BCUT2D eigenvalue weighted by atomic mass is 9.98. The van der Waals surface area contributed by atoms with Crippen molar-refractivity contribution in [3.05, 3.63) is 82.1 Å². The van der Waals surface area contributed by atoms with Gasteiger partial charge in [-0.3, -0.25) is 9.58 Å². The molecule has 2 N–H and O–H groups in total. The maximum absolute atomic E-state index is 14.9. The van der Waals surface area contributed by atoms with Crippen LogP contribution in [-0.4, -0.2) is 62.2 Å². The van der Waals surface area contributed by atoms with Crippen molar-refractivity contribution in [1.29, 1.82) is 0 Å². The first-order valence-electron chi connectivity index (χ1n) is 15.5. The van der Waals surface area contributed by atoms with Crippen LogP contribution in [0.25, 0.3) is 43.9 Å². The molecule has 3 aromatic heterocycles. The summed E-state index contributed by atoms with van der Waals surface area (Å²) in [6.45, 7) is 3.89. The number of aromatic hydroxyl groups is 1. The van der Waals surface area contributed by atoms with E-state index in [1.807, 2.05) is 31.4 Å². The Morgan fingerprint density at radius 3 is 2.72 bits per heavy atom. The topological polar surface area (TPSA) is 119 Å². The summed E-state index contributed by atoms with van der Waals surface area (Å²) in [4.78, 5) is 24.5. The van der Waals surface area contributed by atoms with Crippen LogP contribution in [-0.2, 0) is 13.6 Å². The molecule has 10 nitrogen and oxygen atoms in total. The number of benzene rings is 3. The summed E-state index contributed by atoms with van der Waals surface area (Å²) in [7, 11) is 3.28. The van der Waals surface area contributed by atoms with E-state index in [0.717, 1.165) is 29.4 Å². The summed E-state index contributed by atoms with van der Waals surface area (Å²) >= 11 is 0. The maximum Gasteiger partial charge on any atom is 0.349 e. The number of nitrogens with zero attached hydrogens (tertiary/aromatic N) is 5. The lowest BCUT2D eigenvalue weighted by molar-refractivity contribution is 0.292. The van der Waals surface area contributed by atoms with Crippen LogP contribution in [0.4, 0.5) is 14.6 Å². The molecule has 3 aromatic carbocycles. The number of phenols is 1. The minimum absolute atomic E-state index is 0.0441. The van der Waals surface area contributed by atoms with Crippen molar-refractivity contribution in [3.63, 3.8) is 0 Å². The van der Waals surface area contributed by atoms with Gasteiger partial charge in [0.25, 0.3) is 0 Å². The molecule has 2 aliphatic rings.